The normalized spacial score (nSPS) is 28.7. The number of ether oxygens (including phenoxy) is 2. The fraction of sp³-hybridized carbons (Fsp3) is 0.414. The zero-order chi connectivity index (χ0) is 25.1. The molecule has 8 heteroatoms. The van der Waals surface area contributed by atoms with Gasteiger partial charge in [0.1, 0.15) is 29.2 Å². The number of pyridine rings is 1. The molecule has 190 valence electrons. The summed E-state index contributed by atoms with van der Waals surface area (Å²) in [6, 6.07) is 7.53. The van der Waals surface area contributed by atoms with Crippen LogP contribution in [0.15, 0.2) is 53.8 Å². The second-order valence-electron chi connectivity index (χ2n) is 10.7. The number of urea groups is 1. The van der Waals surface area contributed by atoms with Gasteiger partial charge in [0.2, 0.25) is 5.91 Å². The maximum atomic E-state index is 12.9. The molecule has 5 atom stereocenters. The van der Waals surface area contributed by atoms with Crippen LogP contribution in [0.3, 0.4) is 0 Å². The zero-order valence-electron chi connectivity index (χ0n) is 20.8. The van der Waals surface area contributed by atoms with Crippen molar-refractivity contribution in [2.24, 2.45) is 5.92 Å². The molecule has 2 aliphatic heterocycles. The van der Waals surface area contributed by atoms with Crippen molar-refractivity contribution in [2.45, 2.75) is 69.6 Å². The number of carbonyl (C=O) groups is 2. The number of nitrogens with zero attached hydrogens (tertiary/aromatic N) is 1. The minimum Gasteiger partial charge on any atom is -0.487 e. The Hall–Kier alpha value is -3.81. The number of amides is 3. The first-order chi connectivity index (χ1) is 18.0. The van der Waals surface area contributed by atoms with E-state index >= 15 is 0 Å². The molecule has 3 amide bonds. The molecule has 7 rings (SSSR count). The predicted octanol–water partition coefficient (Wildman–Crippen LogP) is 4.73. The molecule has 3 aliphatic carbocycles. The maximum Gasteiger partial charge on any atom is 0.315 e. The molecular formula is C29H30N4O4. The van der Waals surface area contributed by atoms with Crippen LogP contribution in [0.5, 0.6) is 17.2 Å². The smallest absolute Gasteiger partial charge is 0.315 e. The second kappa shape index (κ2) is 8.64. The first-order valence-electron chi connectivity index (χ1n) is 13.3. The van der Waals surface area contributed by atoms with Gasteiger partial charge in [0.05, 0.1) is 18.0 Å². The van der Waals surface area contributed by atoms with E-state index in [0.29, 0.717) is 36.1 Å². The SMILES string of the molecule is CC1CC=CC2=C1CCC[C@H]2NC(=O)N[C@@H]1C2Oc3ccc(Oc4ccnc5c4CCC(=O)N5)cc3[C@H]21. The van der Waals surface area contributed by atoms with Gasteiger partial charge in [-0.3, -0.25) is 4.79 Å². The third-order valence-electron chi connectivity index (χ3n) is 8.33. The van der Waals surface area contributed by atoms with E-state index in [4.69, 9.17) is 9.47 Å². The molecule has 5 aliphatic rings. The number of carbonyl (C=O) groups excluding carboxylic acids is 2. The van der Waals surface area contributed by atoms with Crippen LogP contribution in [-0.2, 0) is 11.2 Å². The molecule has 1 aromatic heterocycles. The van der Waals surface area contributed by atoms with Crippen molar-refractivity contribution in [1.82, 2.24) is 15.6 Å². The van der Waals surface area contributed by atoms with Gasteiger partial charge in [-0.2, -0.15) is 0 Å². The van der Waals surface area contributed by atoms with Gasteiger partial charge in [-0.1, -0.05) is 24.6 Å². The highest BCUT2D eigenvalue weighted by atomic mass is 16.5. The molecule has 0 spiro atoms. The van der Waals surface area contributed by atoms with Gasteiger partial charge in [0.15, 0.2) is 0 Å². The van der Waals surface area contributed by atoms with E-state index in [0.717, 1.165) is 42.6 Å². The number of aromatic nitrogens is 1. The summed E-state index contributed by atoms with van der Waals surface area (Å²) in [7, 11) is 0. The second-order valence-corrected chi connectivity index (χ2v) is 10.7. The third kappa shape index (κ3) is 3.95. The van der Waals surface area contributed by atoms with Crippen LogP contribution >= 0.6 is 0 Å². The monoisotopic (exact) mass is 498 g/mol. The molecule has 1 saturated carbocycles. The lowest BCUT2D eigenvalue weighted by Crippen LogP contribution is -2.46. The summed E-state index contributed by atoms with van der Waals surface area (Å²) in [5, 5.41) is 9.19. The Morgan fingerprint density at radius 1 is 1.19 bits per heavy atom. The molecule has 8 nitrogen and oxygen atoms in total. The molecule has 1 aromatic carbocycles. The zero-order valence-corrected chi connectivity index (χ0v) is 20.8. The molecule has 3 N–H and O–H groups in total. The molecule has 0 bridgehead atoms. The number of nitrogens with one attached hydrogen (secondary N) is 3. The van der Waals surface area contributed by atoms with Crippen LogP contribution in [-0.4, -0.2) is 35.1 Å². The highest BCUT2D eigenvalue weighted by molar-refractivity contribution is 5.93. The highest BCUT2D eigenvalue weighted by Gasteiger charge is 2.60. The topological polar surface area (TPSA) is 102 Å². The van der Waals surface area contributed by atoms with Gasteiger partial charge >= 0.3 is 6.03 Å². The van der Waals surface area contributed by atoms with E-state index in [-0.39, 0.29) is 36.0 Å². The van der Waals surface area contributed by atoms with Crippen LogP contribution in [0, 0.1) is 5.92 Å². The highest BCUT2D eigenvalue weighted by Crippen LogP contribution is 2.54. The Morgan fingerprint density at radius 2 is 2.11 bits per heavy atom. The molecule has 2 unspecified atom stereocenters. The first-order valence-corrected chi connectivity index (χ1v) is 13.3. The Bertz CT molecular complexity index is 1370. The van der Waals surface area contributed by atoms with Gasteiger partial charge in [-0.25, -0.2) is 9.78 Å². The van der Waals surface area contributed by atoms with Gasteiger partial charge in [0, 0.05) is 23.7 Å². The summed E-state index contributed by atoms with van der Waals surface area (Å²) in [6.45, 7) is 2.28. The first kappa shape index (κ1) is 22.4. The van der Waals surface area contributed by atoms with Crippen LogP contribution < -0.4 is 25.4 Å². The lowest BCUT2D eigenvalue weighted by Gasteiger charge is -2.32. The van der Waals surface area contributed by atoms with Crippen molar-refractivity contribution in [3.05, 3.63) is 64.9 Å². The largest absolute Gasteiger partial charge is 0.487 e. The lowest BCUT2D eigenvalue weighted by molar-refractivity contribution is -0.116. The van der Waals surface area contributed by atoms with Gasteiger partial charge in [0.25, 0.3) is 0 Å². The number of anilines is 1. The molecule has 3 heterocycles. The number of hydrogen-bond acceptors (Lipinski definition) is 5. The average Bonchev–Trinajstić information content (AvgIpc) is 3.40. The maximum absolute atomic E-state index is 12.9. The Balaban J connectivity index is 1.02. The van der Waals surface area contributed by atoms with Crippen molar-refractivity contribution in [3.63, 3.8) is 0 Å². The fourth-order valence-electron chi connectivity index (χ4n) is 6.37. The Kier molecular flexibility index (Phi) is 5.23. The van der Waals surface area contributed by atoms with Crippen molar-refractivity contribution in [1.29, 1.82) is 0 Å². The van der Waals surface area contributed by atoms with Gasteiger partial charge < -0.3 is 25.4 Å². The average molecular weight is 499 g/mol. The quantitative estimate of drug-likeness (QED) is 0.566. The lowest BCUT2D eigenvalue weighted by atomic mass is 9.78. The fourth-order valence-corrected chi connectivity index (χ4v) is 6.37. The summed E-state index contributed by atoms with van der Waals surface area (Å²) in [5.74, 6) is 3.45. The van der Waals surface area contributed by atoms with Crippen LogP contribution in [0.4, 0.5) is 10.6 Å². The Labute approximate surface area is 215 Å². The summed E-state index contributed by atoms with van der Waals surface area (Å²) in [5.41, 5.74) is 4.76. The molecular weight excluding hydrogens is 468 g/mol. The van der Waals surface area contributed by atoms with E-state index < -0.39 is 0 Å². The van der Waals surface area contributed by atoms with Crippen LogP contribution in [0.2, 0.25) is 0 Å². The van der Waals surface area contributed by atoms with Crippen molar-refractivity contribution in [3.8, 4) is 17.2 Å². The molecule has 0 saturated heterocycles. The number of hydrogen-bond donors (Lipinski definition) is 3. The minimum atomic E-state index is -0.132. The van der Waals surface area contributed by atoms with Crippen LogP contribution in [0.25, 0.3) is 0 Å². The van der Waals surface area contributed by atoms with Gasteiger partial charge in [-0.05, 0) is 67.9 Å². The third-order valence-corrected chi connectivity index (χ3v) is 8.33. The van der Waals surface area contributed by atoms with Crippen molar-refractivity contribution in [2.75, 3.05) is 5.32 Å². The van der Waals surface area contributed by atoms with E-state index in [9.17, 15) is 9.59 Å². The Morgan fingerprint density at radius 3 is 3.03 bits per heavy atom. The number of benzene rings is 1. The molecule has 37 heavy (non-hydrogen) atoms. The predicted molar refractivity (Wildman–Crippen MR) is 138 cm³/mol. The molecule has 0 radical (unpaired) electrons. The number of rotatable bonds is 4. The van der Waals surface area contributed by atoms with E-state index in [1.165, 1.54) is 11.1 Å². The summed E-state index contributed by atoms with van der Waals surface area (Å²) in [4.78, 5) is 28.9. The standard InChI is InChI=1S/C29H30N4O4/c1-15-4-2-6-18-17(15)5-3-7-21(18)31-29(35)33-26-25-20-14-16(8-10-22(20)37-27(25)26)36-23-12-13-30-28-19(23)9-11-24(34)32-28/h2,6,8,10,12-15,21,25-27H,3-5,7,9,11H2,1H3,(H,30,32,34)(H2,31,33,35)/t15?,21-,25+,26+,27?/m1/s1. The summed E-state index contributed by atoms with van der Waals surface area (Å²) in [6.07, 6.45) is 11.4. The minimum absolute atomic E-state index is 0.0281. The number of fused-ring (bicyclic) bond motifs is 4. The molecule has 1 fully saturated rings. The van der Waals surface area contributed by atoms with E-state index in [1.54, 1.807) is 6.20 Å². The van der Waals surface area contributed by atoms with Crippen molar-refractivity contribution < 1.29 is 19.1 Å². The summed E-state index contributed by atoms with van der Waals surface area (Å²) < 4.78 is 12.3. The number of allylic oxidation sites excluding steroid dienone is 2. The summed E-state index contributed by atoms with van der Waals surface area (Å²) >= 11 is 0. The van der Waals surface area contributed by atoms with Gasteiger partial charge in [-0.15, -0.1) is 0 Å². The van der Waals surface area contributed by atoms with E-state index in [2.05, 4.69) is 40.0 Å². The van der Waals surface area contributed by atoms with Crippen LogP contribution in [0.1, 0.15) is 56.1 Å². The van der Waals surface area contributed by atoms with Crippen molar-refractivity contribution >= 4 is 17.8 Å². The van der Waals surface area contributed by atoms with E-state index in [1.807, 2.05) is 24.3 Å². The molecule has 2 aromatic rings.